The van der Waals surface area contributed by atoms with E-state index in [1.165, 1.54) is 25.7 Å². The fraction of sp³-hybridized carbons (Fsp3) is 0.538. The Hall–Kier alpha value is -2.91. The van der Waals surface area contributed by atoms with Crippen molar-refractivity contribution in [2.45, 2.75) is 51.0 Å². The Kier molecular flexibility index (Phi) is 7.57. The molecule has 2 fully saturated rings. The third-order valence-corrected chi connectivity index (χ3v) is 7.79. The Morgan fingerprint density at radius 2 is 1.92 bits per heavy atom. The average molecular weight is 512 g/mol. The van der Waals surface area contributed by atoms with Crippen LogP contribution < -0.4 is 20.4 Å². The lowest BCUT2D eigenvalue weighted by Gasteiger charge is -2.30. The zero-order valence-electron chi connectivity index (χ0n) is 20.8. The maximum Gasteiger partial charge on any atom is 0.251 e. The van der Waals surface area contributed by atoms with Gasteiger partial charge in [0.25, 0.3) is 5.91 Å². The smallest absolute Gasteiger partial charge is 0.251 e. The first-order valence-electron chi connectivity index (χ1n) is 13.0. The molecule has 0 radical (unpaired) electrons. The van der Waals surface area contributed by atoms with Crippen molar-refractivity contribution >= 4 is 46.6 Å². The quantitative estimate of drug-likeness (QED) is 0.583. The summed E-state index contributed by atoms with van der Waals surface area (Å²) in [4.78, 5) is 40.7. The number of nitrogens with zero attached hydrogens (tertiary/aromatic N) is 5. The van der Waals surface area contributed by atoms with Crippen LogP contribution in [-0.4, -0.2) is 72.5 Å². The van der Waals surface area contributed by atoms with Crippen LogP contribution in [0.3, 0.4) is 0 Å². The van der Waals surface area contributed by atoms with Crippen LogP contribution >= 0.6 is 11.6 Å². The van der Waals surface area contributed by atoms with E-state index in [1.54, 1.807) is 36.3 Å². The monoisotopic (exact) mass is 511 g/mol. The molecule has 0 atom stereocenters. The Labute approximate surface area is 217 Å². The number of amides is 2. The van der Waals surface area contributed by atoms with Crippen LogP contribution in [-0.2, 0) is 4.79 Å². The minimum Gasteiger partial charge on any atom is -0.351 e. The van der Waals surface area contributed by atoms with Gasteiger partial charge in [0.05, 0.1) is 16.9 Å². The van der Waals surface area contributed by atoms with Crippen molar-refractivity contribution < 1.29 is 9.59 Å². The maximum absolute atomic E-state index is 12.6. The van der Waals surface area contributed by atoms with Gasteiger partial charge in [0.2, 0.25) is 11.9 Å². The zero-order valence-corrected chi connectivity index (χ0v) is 21.6. The third-order valence-electron chi connectivity index (χ3n) is 7.48. The summed E-state index contributed by atoms with van der Waals surface area (Å²) in [5.41, 5.74) is 1.86. The first-order valence-corrected chi connectivity index (χ1v) is 13.3. The summed E-state index contributed by atoms with van der Waals surface area (Å²) in [6.45, 7) is 4.36. The summed E-state index contributed by atoms with van der Waals surface area (Å²) in [7, 11) is 1.78. The molecule has 0 unspecified atom stereocenters. The normalized spacial score (nSPS) is 18.9. The predicted octanol–water partition coefficient (Wildman–Crippen LogP) is 3.81. The summed E-state index contributed by atoms with van der Waals surface area (Å²) in [5.74, 6) is 1.12. The molecule has 1 aromatic carbocycles. The first-order chi connectivity index (χ1) is 17.5. The number of aromatic nitrogens is 2. The van der Waals surface area contributed by atoms with Crippen molar-refractivity contribution in [2.75, 3.05) is 54.9 Å². The van der Waals surface area contributed by atoms with Gasteiger partial charge in [-0.15, -0.1) is 0 Å². The number of anilines is 4. The van der Waals surface area contributed by atoms with E-state index in [1.807, 2.05) is 0 Å². The molecule has 2 aromatic rings. The predicted molar refractivity (Wildman–Crippen MR) is 142 cm³/mol. The molecule has 3 heterocycles. The van der Waals surface area contributed by atoms with E-state index in [4.69, 9.17) is 16.6 Å². The van der Waals surface area contributed by atoms with Gasteiger partial charge in [0.1, 0.15) is 5.69 Å². The number of carbonyl (C=O) groups is 2. The fourth-order valence-corrected chi connectivity index (χ4v) is 5.61. The van der Waals surface area contributed by atoms with Crippen molar-refractivity contribution in [3.05, 3.63) is 35.0 Å². The number of carbonyl (C=O) groups excluding carboxylic acids is 2. The molecule has 0 bridgehead atoms. The molecule has 5 rings (SSSR count). The second kappa shape index (κ2) is 11.0. The topological polar surface area (TPSA) is 93.7 Å². The van der Waals surface area contributed by atoms with Gasteiger partial charge in [-0.2, -0.15) is 4.98 Å². The second-order valence-corrected chi connectivity index (χ2v) is 10.3. The standard InChI is InChI=1S/C26H34ClN7O2/c1-32-22-17-29-26(31-24(22)34(14-10-23(32)35)19-6-2-3-7-19)30-21-9-8-18(16-20(21)27)25(36)28-11-15-33-12-4-5-13-33/h8-9,16-17,19H,2-7,10-15H2,1H3,(H,28,36)(H,29,30,31). The molecule has 3 aliphatic rings. The maximum atomic E-state index is 12.6. The molecule has 1 aliphatic carbocycles. The first kappa shape index (κ1) is 24.8. The fourth-order valence-electron chi connectivity index (χ4n) is 5.38. The lowest BCUT2D eigenvalue weighted by atomic mass is 10.2. The van der Waals surface area contributed by atoms with E-state index in [9.17, 15) is 9.59 Å². The van der Waals surface area contributed by atoms with Gasteiger partial charge in [-0.05, 0) is 57.0 Å². The Morgan fingerprint density at radius 1 is 1.14 bits per heavy atom. The van der Waals surface area contributed by atoms with Gasteiger partial charge in [0, 0.05) is 44.7 Å². The van der Waals surface area contributed by atoms with Gasteiger partial charge in [-0.25, -0.2) is 4.98 Å². The van der Waals surface area contributed by atoms with Crippen molar-refractivity contribution in [3.8, 4) is 0 Å². The number of benzene rings is 1. The number of rotatable bonds is 7. The molecule has 2 aliphatic heterocycles. The highest BCUT2D eigenvalue weighted by Gasteiger charge is 2.31. The van der Waals surface area contributed by atoms with E-state index < -0.39 is 0 Å². The molecule has 10 heteroatoms. The van der Waals surface area contributed by atoms with E-state index in [0.717, 1.165) is 44.0 Å². The number of fused-ring (bicyclic) bond motifs is 1. The lowest BCUT2D eigenvalue weighted by molar-refractivity contribution is -0.118. The molecule has 36 heavy (non-hydrogen) atoms. The Morgan fingerprint density at radius 3 is 2.67 bits per heavy atom. The largest absolute Gasteiger partial charge is 0.351 e. The van der Waals surface area contributed by atoms with Crippen molar-refractivity contribution in [3.63, 3.8) is 0 Å². The van der Waals surface area contributed by atoms with Crippen LogP contribution in [0.4, 0.5) is 23.1 Å². The van der Waals surface area contributed by atoms with Crippen LogP contribution in [0.2, 0.25) is 5.02 Å². The molecule has 9 nitrogen and oxygen atoms in total. The van der Waals surface area contributed by atoms with Crippen LogP contribution in [0.25, 0.3) is 0 Å². The number of hydrogen-bond donors (Lipinski definition) is 2. The Bertz CT molecular complexity index is 1120. The SMILES string of the molecule is CN1C(=O)CCN(C2CCCC2)c2nc(Nc3ccc(C(=O)NCCN4CCCC4)cc3Cl)ncc21. The van der Waals surface area contributed by atoms with Gasteiger partial charge < -0.3 is 25.3 Å². The molecule has 1 saturated heterocycles. The highest BCUT2D eigenvalue weighted by Crippen LogP contribution is 2.36. The molecular formula is C26H34ClN7O2. The van der Waals surface area contributed by atoms with E-state index in [2.05, 4.69) is 25.4 Å². The lowest BCUT2D eigenvalue weighted by Crippen LogP contribution is -2.34. The number of nitrogens with one attached hydrogen (secondary N) is 2. The molecule has 192 valence electrons. The highest BCUT2D eigenvalue weighted by molar-refractivity contribution is 6.33. The highest BCUT2D eigenvalue weighted by atomic mass is 35.5. The van der Waals surface area contributed by atoms with Crippen LogP contribution in [0.1, 0.15) is 55.3 Å². The minimum absolute atomic E-state index is 0.0680. The summed E-state index contributed by atoms with van der Waals surface area (Å²) in [6, 6.07) is 5.57. The molecule has 2 amide bonds. The van der Waals surface area contributed by atoms with Crippen molar-refractivity contribution in [1.82, 2.24) is 20.2 Å². The molecule has 1 saturated carbocycles. The number of halogens is 1. The second-order valence-electron chi connectivity index (χ2n) is 9.86. The van der Waals surface area contributed by atoms with E-state index in [-0.39, 0.29) is 11.8 Å². The minimum atomic E-state index is -0.135. The van der Waals surface area contributed by atoms with E-state index >= 15 is 0 Å². The number of likely N-dealkylation sites (tertiary alicyclic amines) is 1. The summed E-state index contributed by atoms with van der Waals surface area (Å²) >= 11 is 6.54. The average Bonchev–Trinajstić information content (AvgIpc) is 3.58. The zero-order chi connectivity index (χ0) is 25.1. The van der Waals surface area contributed by atoms with Crippen LogP contribution in [0.5, 0.6) is 0 Å². The summed E-state index contributed by atoms with van der Waals surface area (Å²) in [5, 5.41) is 6.60. The molecule has 2 N–H and O–H groups in total. The molecular weight excluding hydrogens is 478 g/mol. The van der Waals surface area contributed by atoms with Gasteiger partial charge in [-0.3, -0.25) is 9.59 Å². The van der Waals surface area contributed by atoms with Crippen molar-refractivity contribution in [2.24, 2.45) is 0 Å². The Balaban J connectivity index is 1.29. The van der Waals surface area contributed by atoms with Gasteiger partial charge >= 0.3 is 0 Å². The molecule has 0 spiro atoms. The third kappa shape index (κ3) is 5.42. The van der Waals surface area contributed by atoms with Crippen LogP contribution in [0, 0.1) is 0 Å². The summed E-state index contributed by atoms with van der Waals surface area (Å²) in [6.07, 6.45) is 9.24. The number of hydrogen-bond acceptors (Lipinski definition) is 7. The molecule has 1 aromatic heterocycles. The van der Waals surface area contributed by atoms with Gasteiger partial charge in [0.15, 0.2) is 5.82 Å². The van der Waals surface area contributed by atoms with Gasteiger partial charge in [-0.1, -0.05) is 24.4 Å². The van der Waals surface area contributed by atoms with Crippen LogP contribution in [0.15, 0.2) is 24.4 Å². The van der Waals surface area contributed by atoms with Crippen molar-refractivity contribution in [1.29, 1.82) is 0 Å². The van der Waals surface area contributed by atoms with E-state index in [0.29, 0.717) is 47.8 Å². The summed E-state index contributed by atoms with van der Waals surface area (Å²) < 4.78 is 0.